The molecule has 0 aliphatic heterocycles. The molecule has 0 radical (unpaired) electrons. The summed E-state index contributed by atoms with van der Waals surface area (Å²) in [6, 6.07) is 25.5. The Bertz CT molecular complexity index is 1080. The number of anilines is 1. The van der Waals surface area contributed by atoms with Crippen molar-refractivity contribution in [3.05, 3.63) is 107 Å². The quantitative estimate of drug-likeness (QED) is 0.548. The summed E-state index contributed by atoms with van der Waals surface area (Å²) in [6.07, 6.45) is 0. The van der Waals surface area contributed by atoms with E-state index in [9.17, 15) is 9.18 Å². The smallest absolute Gasteiger partial charge is 0.332 e. The van der Waals surface area contributed by atoms with Gasteiger partial charge in [-0.25, -0.2) is 9.18 Å². The van der Waals surface area contributed by atoms with Crippen LogP contribution in [0.25, 0.3) is 16.9 Å². The van der Waals surface area contributed by atoms with Gasteiger partial charge >= 0.3 is 5.69 Å². The van der Waals surface area contributed by atoms with Crippen LogP contribution in [0, 0.1) is 5.82 Å². The van der Waals surface area contributed by atoms with Crippen molar-refractivity contribution in [1.82, 2.24) is 9.55 Å². The number of aromatic amines is 1. The standard InChI is InChI=1S/C22H18FN3O/c23-18-11-13-19(14-12-18)26-20(17-9-5-2-6-10-17)21(25-22(26)27)24-15-16-7-3-1-4-8-16/h1-14,24H,15H2,(H,25,27). The summed E-state index contributed by atoms with van der Waals surface area (Å²) >= 11 is 0. The van der Waals surface area contributed by atoms with Crippen LogP contribution in [0.1, 0.15) is 5.56 Å². The fraction of sp³-hybridized carbons (Fsp3) is 0.0455. The van der Waals surface area contributed by atoms with Gasteiger partial charge in [0.25, 0.3) is 0 Å². The van der Waals surface area contributed by atoms with E-state index in [4.69, 9.17) is 0 Å². The second-order valence-corrected chi connectivity index (χ2v) is 6.17. The highest BCUT2D eigenvalue weighted by molar-refractivity contribution is 5.74. The first-order valence-electron chi connectivity index (χ1n) is 8.66. The van der Waals surface area contributed by atoms with Crippen molar-refractivity contribution in [2.24, 2.45) is 0 Å². The predicted octanol–water partition coefficient (Wildman–Crippen LogP) is 4.58. The van der Waals surface area contributed by atoms with Crippen LogP contribution in [0.5, 0.6) is 0 Å². The van der Waals surface area contributed by atoms with E-state index in [2.05, 4.69) is 10.3 Å². The predicted molar refractivity (Wildman–Crippen MR) is 106 cm³/mol. The highest BCUT2D eigenvalue weighted by Crippen LogP contribution is 2.28. The maximum atomic E-state index is 13.3. The molecule has 134 valence electrons. The van der Waals surface area contributed by atoms with E-state index in [0.717, 1.165) is 11.1 Å². The van der Waals surface area contributed by atoms with Crippen molar-refractivity contribution in [1.29, 1.82) is 0 Å². The first-order chi connectivity index (χ1) is 13.2. The number of hydrogen-bond acceptors (Lipinski definition) is 2. The van der Waals surface area contributed by atoms with Crippen molar-refractivity contribution in [3.8, 4) is 16.9 Å². The van der Waals surface area contributed by atoms with E-state index < -0.39 is 0 Å². The number of imidazole rings is 1. The normalized spacial score (nSPS) is 10.7. The molecule has 3 aromatic carbocycles. The van der Waals surface area contributed by atoms with Crippen molar-refractivity contribution >= 4 is 5.82 Å². The number of rotatable bonds is 5. The van der Waals surface area contributed by atoms with Crippen LogP contribution in [0.4, 0.5) is 10.2 Å². The lowest BCUT2D eigenvalue weighted by atomic mass is 10.1. The zero-order valence-corrected chi connectivity index (χ0v) is 14.5. The van der Waals surface area contributed by atoms with Crippen LogP contribution in [0.3, 0.4) is 0 Å². The average molecular weight is 359 g/mol. The van der Waals surface area contributed by atoms with Crippen LogP contribution >= 0.6 is 0 Å². The SMILES string of the molecule is O=c1[nH]c(NCc2ccccc2)c(-c2ccccc2)n1-c1ccc(F)cc1. The molecule has 0 saturated carbocycles. The van der Waals surface area contributed by atoms with Gasteiger partial charge in [0.15, 0.2) is 0 Å². The molecule has 0 aliphatic carbocycles. The third-order valence-electron chi connectivity index (χ3n) is 4.34. The highest BCUT2D eigenvalue weighted by Gasteiger charge is 2.17. The van der Waals surface area contributed by atoms with Crippen LogP contribution in [-0.4, -0.2) is 9.55 Å². The number of nitrogens with zero attached hydrogens (tertiary/aromatic N) is 1. The van der Waals surface area contributed by atoms with Gasteiger partial charge in [0.05, 0.1) is 11.4 Å². The van der Waals surface area contributed by atoms with Crippen LogP contribution in [0.15, 0.2) is 89.7 Å². The Balaban J connectivity index is 1.80. The maximum absolute atomic E-state index is 13.3. The monoisotopic (exact) mass is 359 g/mol. The Hall–Kier alpha value is -3.60. The summed E-state index contributed by atoms with van der Waals surface area (Å²) < 4.78 is 14.9. The van der Waals surface area contributed by atoms with Gasteiger partial charge in [-0.1, -0.05) is 60.7 Å². The lowest BCUT2D eigenvalue weighted by Gasteiger charge is -2.11. The number of nitrogens with one attached hydrogen (secondary N) is 2. The first kappa shape index (κ1) is 16.8. The molecule has 0 aliphatic rings. The van der Waals surface area contributed by atoms with Gasteiger partial charge < -0.3 is 5.32 Å². The molecule has 0 unspecified atom stereocenters. The Morgan fingerprint density at radius 1 is 0.852 bits per heavy atom. The van der Waals surface area contributed by atoms with E-state index in [0.29, 0.717) is 23.7 Å². The molecule has 0 amide bonds. The molecule has 0 fully saturated rings. The number of H-pyrrole nitrogens is 1. The summed E-state index contributed by atoms with van der Waals surface area (Å²) in [5.74, 6) is 0.283. The third kappa shape index (κ3) is 3.53. The third-order valence-corrected chi connectivity index (χ3v) is 4.34. The molecule has 27 heavy (non-hydrogen) atoms. The lowest BCUT2D eigenvalue weighted by molar-refractivity contribution is 0.627. The lowest BCUT2D eigenvalue weighted by Crippen LogP contribution is -2.15. The molecular weight excluding hydrogens is 341 g/mol. The largest absolute Gasteiger partial charge is 0.366 e. The fourth-order valence-electron chi connectivity index (χ4n) is 3.06. The Morgan fingerprint density at radius 2 is 1.48 bits per heavy atom. The second-order valence-electron chi connectivity index (χ2n) is 6.17. The second kappa shape index (κ2) is 7.33. The summed E-state index contributed by atoms with van der Waals surface area (Å²) in [5.41, 5.74) is 3.02. The molecule has 4 nitrogen and oxygen atoms in total. The van der Waals surface area contributed by atoms with Crippen molar-refractivity contribution in [3.63, 3.8) is 0 Å². The van der Waals surface area contributed by atoms with E-state index in [1.165, 1.54) is 12.1 Å². The molecule has 2 N–H and O–H groups in total. The molecule has 1 aromatic heterocycles. The molecule has 1 heterocycles. The van der Waals surface area contributed by atoms with Crippen LogP contribution < -0.4 is 11.0 Å². The van der Waals surface area contributed by atoms with Crippen molar-refractivity contribution in [2.75, 3.05) is 5.32 Å². The average Bonchev–Trinajstić information content (AvgIpc) is 3.04. The minimum absolute atomic E-state index is 0.281. The van der Waals surface area contributed by atoms with E-state index in [1.54, 1.807) is 16.7 Å². The Labute approximate surface area is 155 Å². The van der Waals surface area contributed by atoms with Gasteiger partial charge in [-0.2, -0.15) is 0 Å². The maximum Gasteiger partial charge on any atom is 0.332 e. The first-order valence-corrected chi connectivity index (χ1v) is 8.66. The number of hydrogen-bond donors (Lipinski definition) is 2. The number of aromatic nitrogens is 2. The molecule has 4 aromatic rings. The van der Waals surface area contributed by atoms with E-state index >= 15 is 0 Å². The summed E-state index contributed by atoms with van der Waals surface area (Å²) in [5, 5.41) is 3.32. The number of benzene rings is 3. The van der Waals surface area contributed by atoms with Gasteiger partial charge in [0.1, 0.15) is 11.6 Å². The molecule has 4 rings (SSSR count). The number of halogens is 1. The fourth-order valence-corrected chi connectivity index (χ4v) is 3.06. The zero-order chi connectivity index (χ0) is 18.6. The van der Waals surface area contributed by atoms with Gasteiger partial charge in [-0.15, -0.1) is 0 Å². The van der Waals surface area contributed by atoms with E-state index in [-0.39, 0.29) is 11.5 Å². The summed E-state index contributed by atoms with van der Waals surface area (Å²) in [4.78, 5) is 15.6. The molecule has 0 spiro atoms. The minimum Gasteiger partial charge on any atom is -0.366 e. The highest BCUT2D eigenvalue weighted by atomic mass is 19.1. The van der Waals surface area contributed by atoms with Crippen LogP contribution in [0.2, 0.25) is 0 Å². The minimum atomic E-state index is -0.342. The molecular formula is C22H18FN3O. The Kier molecular flexibility index (Phi) is 4.58. The van der Waals surface area contributed by atoms with Crippen LogP contribution in [-0.2, 0) is 6.54 Å². The van der Waals surface area contributed by atoms with E-state index in [1.807, 2.05) is 60.7 Å². The van der Waals surface area contributed by atoms with Crippen molar-refractivity contribution in [2.45, 2.75) is 6.54 Å². The van der Waals surface area contributed by atoms with Gasteiger partial charge in [-0.05, 0) is 29.8 Å². The molecule has 0 saturated heterocycles. The summed E-state index contributed by atoms with van der Waals surface area (Å²) in [6.45, 7) is 0.573. The topological polar surface area (TPSA) is 49.8 Å². The Morgan fingerprint density at radius 3 is 2.15 bits per heavy atom. The molecule has 5 heteroatoms. The van der Waals surface area contributed by atoms with Gasteiger partial charge in [0, 0.05) is 12.1 Å². The zero-order valence-electron chi connectivity index (χ0n) is 14.5. The van der Waals surface area contributed by atoms with Gasteiger partial charge in [0.2, 0.25) is 0 Å². The molecule has 0 atom stereocenters. The van der Waals surface area contributed by atoms with Gasteiger partial charge in [-0.3, -0.25) is 9.55 Å². The van der Waals surface area contributed by atoms with Crippen molar-refractivity contribution < 1.29 is 4.39 Å². The molecule has 0 bridgehead atoms. The summed E-state index contributed by atoms with van der Waals surface area (Å²) in [7, 11) is 0.